The Bertz CT molecular complexity index is 281. The highest BCUT2D eigenvalue weighted by Gasteiger charge is 2.18. The third-order valence-corrected chi connectivity index (χ3v) is 3.11. The van der Waals surface area contributed by atoms with Crippen LogP contribution in [0, 0.1) is 5.92 Å². The largest absolute Gasteiger partial charge is 0.303 e. The molecule has 0 aliphatic carbocycles. The second kappa shape index (κ2) is 9.75. The minimum absolute atomic E-state index is 0.715. The van der Waals surface area contributed by atoms with Crippen LogP contribution in [0.5, 0.6) is 0 Å². The molecule has 4 nitrogen and oxygen atoms in total. The number of likely N-dealkylation sites (tertiary alicyclic amines) is 1. The molecule has 1 aliphatic heterocycles. The van der Waals surface area contributed by atoms with Crippen molar-refractivity contribution in [1.82, 2.24) is 4.90 Å². The maximum absolute atomic E-state index is 9.19. The first-order chi connectivity index (χ1) is 8.36. The number of hydrogen-bond donors (Lipinski definition) is 1. The lowest BCUT2D eigenvalue weighted by Crippen LogP contribution is -2.35. The molecule has 0 radical (unpaired) electrons. The van der Waals surface area contributed by atoms with Crippen LogP contribution in [0.1, 0.15) is 52.4 Å². The molecular formula is C13H29NO3S. The Hall–Kier alpha value is -0.130. The normalized spacial score (nSPS) is 21.2. The van der Waals surface area contributed by atoms with Crippen LogP contribution in [0.25, 0.3) is 0 Å². The number of unbranched alkanes of at least 4 members (excludes halogenated alkanes) is 1. The lowest BCUT2D eigenvalue weighted by molar-refractivity contribution is 0.167. The number of nitrogens with zero attached hydrogens (tertiary/aromatic N) is 1. The molecule has 0 spiro atoms. The molecule has 1 unspecified atom stereocenters. The van der Waals surface area contributed by atoms with Gasteiger partial charge in [-0.05, 0) is 44.7 Å². The summed E-state index contributed by atoms with van der Waals surface area (Å²) in [6.07, 6.45) is 9.23. The summed E-state index contributed by atoms with van der Waals surface area (Å²) in [6.45, 7) is 8.65. The summed E-state index contributed by atoms with van der Waals surface area (Å²) in [4.78, 5) is 2.66. The zero-order valence-corrected chi connectivity index (χ0v) is 12.9. The van der Waals surface area contributed by atoms with E-state index < -0.39 is 10.1 Å². The van der Waals surface area contributed by atoms with Gasteiger partial charge in [-0.2, -0.15) is 8.42 Å². The molecule has 0 aromatic heterocycles. The molecule has 1 rings (SSSR count). The lowest BCUT2D eigenvalue weighted by Gasteiger charge is -2.32. The minimum Gasteiger partial charge on any atom is -0.303 e. The summed E-state index contributed by atoms with van der Waals surface area (Å²) in [6, 6.07) is 0. The summed E-state index contributed by atoms with van der Waals surface area (Å²) in [5.74, 6) is 1.01. The topological polar surface area (TPSA) is 57.6 Å². The molecule has 1 atom stereocenters. The minimum atomic E-state index is -3.67. The van der Waals surface area contributed by atoms with Crippen molar-refractivity contribution in [2.45, 2.75) is 52.4 Å². The maximum Gasteiger partial charge on any atom is 0.261 e. The Labute approximate surface area is 113 Å². The van der Waals surface area contributed by atoms with Gasteiger partial charge in [0.05, 0.1) is 6.26 Å². The second-order valence-corrected chi connectivity index (χ2v) is 6.65. The van der Waals surface area contributed by atoms with Gasteiger partial charge in [0, 0.05) is 6.54 Å². The van der Waals surface area contributed by atoms with Crippen molar-refractivity contribution in [1.29, 1.82) is 0 Å². The Morgan fingerprint density at radius 1 is 1.28 bits per heavy atom. The molecule has 1 fully saturated rings. The van der Waals surface area contributed by atoms with E-state index >= 15 is 0 Å². The van der Waals surface area contributed by atoms with Gasteiger partial charge in [-0.15, -0.1) is 0 Å². The first kappa shape index (κ1) is 17.9. The Balaban J connectivity index is 0.000000494. The van der Waals surface area contributed by atoms with E-state index in [2.05, 4.69) is 18.7 Å². The van der Waals surface area contributed by atoms with E-state index in [1.807, 2.05) is 0 Å². The Morgan fingerprint density at radius 3 is 2.39 bits per heavy atom. The standard InChI is InChI=1S/C12H25N.CH4O3S/c1-3-5-7-12-8-6-10-13(11-12)9-4-2;1-5(2,3)4/h12H,3-11H2,1-2H3;1H3,(H,2,3,4). The average Bonchev–Trinajstić information content (AvgIpc) is 2.25. The van der Waals surface area contributed by atoms with E-state index in [0.29, 0.717) is 6.26 Å². The van der Waals surface area contributed by atoms with Gasteiger partial charge in [0.15, 0.2) is 0 Å². The lowest BCUT2D eigenvalue weighted by atomic mass is 9.93. The van der Waals surface area contributed by atoms with Gasteiger partial charge < -0.3 is 4.90 Å². The number of hydrogen-bond acceptors (Lipinski definition) is 3. The summed E-state index contributed by atoms with van der Waals surface area (Å²) in [5.41, 5.74) is 0. The van der Waals surface area contributed by atoms with E-state index in [0.717, 1.165) is 5.92 Å². The molecule has 0 aromatic rings. The van der Waals surface area contributed by atoms with Gasteiger partial charge in [-0.25, -0.2) is 0 Å². The second-order valence-electron chi connectivity index (χ2n) is 5.18. The van der Waals surface area contributed by atoms with E-state index in [1.165, 1.54) is 58.2 Å². The highest BCUT2D eigenvalue weighted by Crippen LogP contribution is 2.21. The molecule has 0 bridgehead atoms. The number of piperidine rings is 1. The maximum atomic E-state index is 9.19. The summed E-state index contributed by atoms with van der Waals surface area (Å²) < 4.78 is 25.9. The first-order valence-electron chi connectivity index (χ1n) is 7.01. The fourth-order valence-electron chi connectivity index (χ4n) is 2.40. The fourth-order valence-corrected chi connectivity index (χ4v) is 2.40. The Morgan fingerprint density at radius 2 is 1.89 bits per heavy atom. The third kappa shape index (κ3) is 12.3. The predicted molar refractivity (Wildman–Crippen MR) is 76.5 cm³/mol. The summed E-state index contributed by atoms with van der Waals surface area (Å²) >= 11 is 0. The third-order valence-electron chi connectivity index (χ3n) is 3.11. The van der Waals surface area contributed by atoms with E-state index in [9.17, 15) is 8.42 Å². The van der Waals surface area contributed by atoms with Crippen LogP contribution in [0.2, 0.25) is 0 Å². The van der Waals surface area contributed by atoms with Crippen molar-refractivity contribution >= 4 is 10.1 Å². The van der Waals surface area contributed by atoms with Gasteiger partial charge in [-0.3, -0.25) is 4.55 Å². The SMILES string of the molecule is CCCCC1CCCN(CCC)C1.CS(=O)(=O)O. The molecule has 1 N–H and O–H groups in total. The smallest absolute Gasteiger partial charge is 0.261 e. The average molecular weight is 279 g/mol. The van der Waals surface area contributed by atoms with Crippen molar-refractivity contribution in [2.24, 2.45) is 5.92 Å². The molecule has 0 saturated carbocycles. The van der Waals surface area contributed by atoms with Gasteiger partial charge >= 0.3 is 0 Å². The molecule has 110 valence electrons. The fraction of sp³-hybridized carbons (Fsp3) is 1.00. The highest BCUT2D eigenvalue weighted by molar-refractivity contribution is 7.85. The molecule has 1 aliphatic rings. The van der Waals surface area contributed by atoms with Crippen molar-refractivity contribution in [3.05, 3.63) is 0 Å². The van der Waals surface area contributed by atoms with Crippen LogP contribution >= 0.6 is 0 Å². The van der Waals surface area contributed by atoms with Crippen LogP contribution < -0.4 is 0 Å². The quantitative estimate of drug-likeness (QED) is 0.786. The van der Waals surface area contributed by atoms with Crippen LogP contribution in [0.4, 0.5) is 0 Å². The van der Waals surface area contributed by atoms with Crippen LogP contribution in [0.3, 0.4) is 0 Å². The van der Waals surface area contributed by atoms with Gasteiger partial charge in [0.25, 0.3) is 10.1 Å². The predicted octanol–water partition coefficient (Wildman–Crippen LogP) is 2.80. The zero-order valence-electron chi connectivity index (χ0n) is 12.1. The van der Waals surface area contributed by atoms with Crippen molar-refractivity contribution in [3.8, 4) is 0 Å². The first-order valence-corrected chi connectivity index (χ1v) is 8.86. The molecule has 5 heteroatoms. The van der Waals surface area contributed by atoms with Crippen LogP contribution in [-0.4, -0.2) is 43.8 Å². The van der Waals surface area contributed by atoms with Crippen LogP contribution in [-0.2, 0) is 10.1 Å². The number of rotatable bonds is 5. The van der Waals surface area contributed by atoms with E-state index in [1.54, 1.807) is 0 Å². The van der Waals surface area contributed by atoms with Crippen molar-refractivity contribution < 1.29 is 13.0 Å². The van der Waals surface area contributed by atoms with Gasteiger partial charge in [0.1, 0.15) is 0 Å². The van der Waals surface area contributed by atoms with E-state index in [4.69, 9.17) is 4.55 Å². The van der Waals surface area contributed by atoms with Crippen molar-refractivity contribution in [2.75, 3.05) is 25.9 Å². The highest BCUT2D eigenvalue weighted by atomic mass is 32.2. The molecule has 0 aromatic carbocycles. The van der Waals surface area contributed by atoms with Crippen LogP contribution in [0.15, 0.2) is 0 Å². The molecule has 0 amide bonds. The van der Waals surface area contributed by atoms with Gasteiger partial charge in [-0.1, -0.05) is 26.7 Å². The van der Waals surface area contributed by atoms with Gasteiger partial charge in [0.2, 0.25) is 0 Å². The monoisotopic (exact) mass is 279 g/mol. The Kier molecular flexibility index (Phi) is 9.68. The molecule has 18 heavy (non-hydrogen) atoms. The molecular weight excluding hydrogens is 250 g/mol. The summed E-state index contributed by atoms with van der Waals surface area (Å²) in [5, 5.41) is 0. The van der Waals surface area contributed by atoms with Crippen molar-refractivity contribution in [3.63, 3.8) is 0 Å². The zero-order chi connectivity index (χ0) is 14.0. The molecule has 1 saturated heterocycles. The molecule has 1 heterocycles. The summed E-state index contributed by atoms with van der Waals surface area (Å²) in [7, 11) is -3.67. The van der Waals surface area contributed by atoms with E-state index in [-0.39, 0.29) is 0 Å².